The summed E-state index contributed by atoms with van der Waals surface area (Å²) in [6.07, 6.45) is -20.1. The van der Waals surface area contributed by atoms with E-state index < -0.39 is 79.3 Å². The molecule has 51 heavy (non-hydrogen) atoms. The molecular weight excluding hydrogens is 732 g/mol. The van der Waals surface area contributed by atoms with Crippen molar-refractivity contribution in [2.45, 2.75) is 72.5 Å². The van der Waals surface area contributed by atoms with Crippen LogP contribution in [0.4, 0.5) is 48.2 Å². The van der Waals surface area contributed by atoms with Crippen LogP contribution < -0.4 is 15.1 Å². The zero-order valence-electron chi connectivity index (χ0n) is 29.0. The highest BCUT2D eigenvalue weighted by Crippen LogP contribution is 2.29. The van der Waals surface area contributed by atoms with Crippen molar-refractivity contribution in [1.82, 2.24) is 0 Å². The summed E-state index contributed by atoms with van der Waals surface area (Å²) in [6, 6.07) is 9.48. The Morgan fingerprint density at radius 2 is 1.14 bits per heavy atom. The molecule has 0 aliphatic rings. The van der Waals surface area contributed by atoms with Gasteiger partial charge in [-0.15, -0.1) is 0 Å². The molecule has 11 nitrogen and oxygen atoms in total. The van der Waals surface area contributed by atoms with Crippen LogP contribution in [0.5, 0.6) is 0 Å². The molecule has 0 heterocycles. The Hall–Kier alpha value is -3.74. The lowest BCUT2D eigenvalue weighted by Crippen LogP contribution is -2.44. The number of ether oxygens (including phenoxy) is 2. The zero-order valence-corrected chi connectivity index (χ0v) is 30.7. The van der Waals surface area contributed by atoms with Gasteiger partial charge in [0.05, 0.1) is 17.9 Å². The number of nitrogens with zero attached hydrogens (tertiary/aromatic N) is 2. The Labute approximate surface area is 294 Å². The summed E-state index contributed by atoms with van der Waals surface area (Å²) in [5.41, 5.74) is 2.86. The third-order valence-electron chi connectivity index (χ3n) is 7.79. The molecule has 0 saturated heterocycles. The first-order chi connectivity index (χ1) is 23.4. The van der Waals surface area contributed by atoms with Crippen molar-refractivity contribution >= 4 is 48.8 Å². The molecule has 2 rings (SSSR count). The Balaban J connectivity index is 2.15. The number of benzene rings is 2. The van der Waals surface area contributed by atoms with Crippen molar-refractivity contribution in [2.24, 2.45) is 0 Å². The molecule has 1 amide bonds. The van der Waals surface area contributed by atoms with Gasteiger partial charge in [0.2, 0.25) is 12.2 Å². The Morgan fingerprint density at radius 3 is 1.55 bits per heavy atom. The van der Waals surface area contributed by atoms with E-state index >= 15 is 0 Å². The lowest BCUT2D eigenvalue weighted by atomic mass is 10.0. The molecule has 2 aromatic carbocycles. The van der Waals surface area contributed by atoms with Crippen LogP contribution in [-0.4, -0.2) is 96.2 Å². The van der Waals surface area contributed by atoms with Gasteiger partial charge in [-0.1, -0.05) is 6.07 Å². The van der Waals surface area contributed by atoms with Crippen LogP contribution in [0.15, 0.2) is 36.4 Å². The number of alkyl halides is 6. The summed E-state index contributed by atoms with van der Waals surface area (Å²) >= 11 is 0. The van der Waals surface area contributed by atoms with Crippen LogP contribution in [0, 0.1) is 13.8 Å². The smallest absolute Gasteiger partial charge is 0.426 e. The Morgan fingerprint density at radius 1 is 0.706 bits per heavy atom. The van der Waals surface area contributed by atoms with E-state index in [0.29, 0.717) is 37.3 Å². The van der Waals surface area contributed by atoms with Crippen molar-refractivity contribution in [3.63, 3.8) is 0 Å². The summed E-state index contributed by atoms with van der Waals surface area (Å²) in [6.45, 7) is 13.4. The van der Waals surface area contributed by atoms with Gasteiger partial charge in [-0.2, -0.15) is 26.3 Å². The van der Waals surface area contributed by atoms with E-state index in [1.807, 2.05) is 37.5 Å². The van der Waals surface area contributed by atoms with E-state index in [4.69, 9.17) is 0 Å². The van der Waals surface area contributed by atoms with E-state index in [2.05, 4.69) is 14.8 Å². The molecule has 0 aliphatic heterocycles. The second-order valence-corrected chi connectivity index (χ2v) is 16.2. The molecule has 2 atom stereocenters. The van der Waals surface area contributed by atoms with Crippen molar-refractivity contribution < 1.29 is 62.2 Å². The molecule has 0 radical (unpaired) electrons. The standard InChI is InChI=1S/C32H43F6N3O8S2/c1-7-40(8-2)24-12-11-23(21(5)15-24)17-29(42)48-27(31(33,34)35)18-50(44,45)20-51(46,47)19-28(32(36,37)38)49-30(43)39-26-14-13-25(16-22(26)6)41(9-3)10-4/h11-16,27-28H,7-10,17-20H2,1-6H3,(H,39,43). The number of carbonyl (C=O) groups excluding carboxylic acids is 2. The third-order valence-corrected chi connectivity index (χ3v) is 12.3. The largest absolute Gasteiger partial charge is 0.451 e. The fraction of sp³-hybridized carbons (Fsp3) is 0.562. The first-order valence-corrected chi connectivity index (χ1v) is 19.5. The Bertz CT molecular complexity index is 1600. The molecule has 288 valence electrons. The molecular formula is C32H43F6N3O8S2. The van der Waals surface area contributed by atoms with Gasteiger partial charge in [0.1, 0.15) is 0 Å². The predicted molar refractivity (Wildman–Crippen MR) is 182 cm³/mol. The highest BCUT2D eigenvalue weighted by atomic mass is 32.3. The van der Waals surface area contributed by atoms with Crippen molar-refractivity contribution in [3.05, 3.63) is 53.1 Å². The molecule has 0 bridgehead atoms. The van der Waals surface area contributed by atoms with Gasteiger partial charge >= 0.3 is 24.4 Å². The number of anilines is 3. The minimum Gasteiger partial charge on any atom is -0.451 e. The van der Waals surface area contributed by atoms with Gasteiger partial charge in [-0.3, -0.25) is 10.1 Å². The highest BCUT2D eigenvalue weighted by Gasteiger charge is 2.49. The number of esters is 1. The van der Waals surface area contributed by atoms with Crippen LogP contribution in [0.25, 0.3) is 0 Å². The van der Waals surface area contributed by atoms with E-state index in [9.17, 15) is 52.8 Å². The summed E-state index contributed by atoms with van der Waals surface area (Å²) in [5.74, 6) is -5.66. The number of rotatable bonds is 17. The highest BCUT2D eigenvalue weighted by molar-refractivity contribution is 8.08. The zero-order chi connectivity index (χ0) is 38.9. The molecule has 1 N–H and O–H groups in total. The molecule has 2 aromatic rings. The molecule has 2 unspecified atom stereocenters. The topological polar surface area (TPSA) is 139 Å². The SMILES string of the molecule is CCN(CC)c1ccc(CC(=O)OC(CS(=O)(=O)CS(=O)(=O)CC(OC(=O)Nc2ccc(N(CC)CC)cc2C)C(F)(F)F)C(F)(F)F)c(C)c1. The summed E-state index contributed by atoms with van der Waals surface area (Å²) < 4.78 is 142. The van der Waals surface area contributed by atoms with E-state index in [1.165, 1.54) is 12.1 Å². The molecule has 0 fully saturated rings. The maximum absolute atomic E-state index is 13.8. The monoisotopic (exact) mass is 775 g/mol. The summed E-state index contributed by atoms with van der Waals surface area (Å²) in [4.78, 5) is 28.8. The van der Waals surface area contributed by atoms with Crippen molar-refractivity contribution in [1.29, 1.82) is 0 Å². The van der Waals surface area contributed by atoms with Crippen molar-refractivity contribution in [3.8, 4) is 0 Å². The fourth-order valence-corrected chi connectivity index (χ4v) is 9.48. The number of sulfone groups is 2. The average molecular weight is 776 g/mol. The minimum absolute atomic E-state index is 0.0433. The first kappa shape index (κ1) is 43.4. The number of hydrogen-bond donors (Lipinski definition) is 1. The van der Waals surface area contributed by atoms with Crippen molar-refractivity contribution in [2.75, 3.05) is 57.9 Å². The van der Waals surface area contributed by atoms with Gasteiger partial charge in [0.25, 0.3) is 0 Å². The van der Waals surface area contributed by atoms with E-state index in [-0.39, 0.29) is 11.3 Å². The average Bonchev–Trinajstić information content (AvgIpc) is 2.98. The maximum Gasteiger partial charge on any atom is 0.426 e. The Kier molecular flexibility index (Phi) is 15.0. The summed E-state index contributed by atoms with van der Waals surface area (Å²) in [7, 11) is -10.8. The van der Waals surface area contributed by atoms with Crippen LogP contribution in [0.3, 0.4) is 0 Å². The van der Waals surface area contributed by atoms with Gasteiger partial charge in [0, 0.05) is 43.2 Å². The lowest BCUT2D eigenvalue weighted by molar-refractivity contribution is -0.214. The molecule has 0 aliphatic carbocycles. The molecule has 19 heteroatoms. The van der Waals surface area contributed by atoms with Gasteiger partial charge in [0.15, 0.2) is 24.8 Å². The number of amides is 1. The number of nitrogens with one attached hydrogen (secondary N) is 1. The second-order valence-electron chi connectivity index (χ2n) is 11.7. The number of halogens is 6. The van der Waals surface area contributed by atoms with E-state index in [1.54, 1.807) is 38.1 Å². The summed E-state index contributed by atoms with van der Waals surface area (Å²) in [5, 5.41) is -0.106. The number of aryl methyl sites for hydroxylation is 2. The number of carbonyl (C=O) groups is 2. The quantitative estimate of drug-likeness (QED) is 0.151. The number of hydrogen-bond acceptors (Lipinski definition) is 10. The van der Waals surface area contributed by atoms with Crippen LogP contribution >= 0.6 is 0 Å². The van der Waals surface area contributed by atoms with E-state index in [0.717, 1.165) is 11.4 Å². The van der Waals surface area contributed by atoms with Crippen LogP contribution in [0.1, 0.15) is 44.4 Å². The second kappa shape index (κ2) is 17.7. The maximum atomic E-state index is 13.8. The first-order valence-electron chi connectivity index (χ1n) is 15.9. The molecule has 0 spiro atoms. The minimum atomic E-state index is -5.51. The third kappa shape index (κ3) is 13.4. The normalized spacial score (nSPS) is 13.6. The molecule has 0 aromatic heterocycles. The predicted octanol–water partition coefficient (Wildman–Crippen LogP) is 5.98. The van der Waals surface area contributed by atoms with Gasteiger partial charge < -0.3 is 19.3 Å². The van der Waals surface area contributed by atoms with Gasteiger partial charge in [-0.05, 0) is 88.6 Å². The van der Waals surface area contributed by atoms with Crippen LogP contribution in [0.2, 0.25) is 0 Å². The lowest BCUT2D eigenvalue weighted by Gasteiger charge is -2.23. The van der Waals surface area contributed by atoms with Crippen LogP contribution in [-0.2, 0) is 40.4 Å². The van der Waals surface area contributed by atoms with Gasteiger partial charge in [-0.25, -0.2) is 21.6 Å². The fourth-order valence-electron chi connectivity index (χ4n) is 5.08. The molecule has 0 saturated carbocycles.